The van der Waals surface area contributed by atoms with Crippen molar-refractivity contribution in [2.24, 2.45) is 0 Å². The Morgan fingerprint density at radius 3 is 2.89 bits per heavy atom. The van der Waals surface area contributed by atoms with Gasteiger partial charge in [-0.25, -0.2) is 4.79 Å². The maximum atomic E-state index is 11.4. The molecule has 1 fully saturated rings. The van der Waals surface area contributed by atoms with Crippen LogP contribution in [-0.2, 0) is 9.47 Å². The van der Waals surface area contributed by atoms with Gasteiger partial charge in [-0.3, -0.25) is 10.1 Å². The van der Waals surface area contributed by atoms with Crippen LogP contribution in [0.4, 0.5) is 11.4 Å². The van der Waals surface area contributed by atoms with Gasteiger partial charge in [0.05, 0.1) is 23.7 Å². The summed E-state index contributed by atoms with van der Waals surface area (Å²) in [6, 6.07) is 4.08. The number of esters is 1. The molecule has 1 aliphatic heterocycles. The Hall–Kier alpha value is -2.15. The molecule has 0 spiro atoms. The van der Waals surface area contributed by atoms with Gasteiger partial charge in [0.2, 0.25) is 0 Å². The molecule has 102 valence electrons. The van der Waals surface area contributed by atoms with Gasteiger partial charge in [-0.1, -0.05) is 0 Å². The molecule has 1 aromatic carbocycles. The van der Waals surface area contributed by atoms with E-state index in [1.54, 1.807) is 0 Å². The van der Waals surface area contributed by atoms with Gasteiger partial charge in [-0.05, 0) is 18.6 Å². The van der Waals surface area contributed by atoms with Crippen LogP contribution in [0.2, 0.25) is 0 Å². The van der Waals surface area contributed by atoms with Crippen molar-refractivity contribution in [2.45, 2.75) is 12.5 Å². The largest absolute Gasteiger partial charge is 0.465 e. The van der Waals surface area contributed by atoms with Gasteiger partial charge in [0.1, 0.15) is 5.69 Å². The fourth-order valence-corrected chi connectivity index (χ4v) is 1.75. The number of nitro benzene ring substituents is 1. The number of ether oxygens (including phenoxy) is 2. The van der Waals surface area contributed by atoms with E-state index in [0.29, 0.717) is 12.2 Å². The second-order valence-corrected chi connectivity index (χ2v) is 4.14. The van der Waals surface area contributed by atoms with Crippen LogP contribution in [0.1, 0.15) is 16.8 Å². The second kappa shape index (κ2) is 5.66. The molecule has 0 aliphatic carbocycles. The van der Waals surface area contributed by atoms with Crippen molar-refractivity contribution in [3.05, 3.63) is 33.9 Å². The molecule has 0 saturated carbocycles. The first-order valence-corrected chi connectivity index (χ1v) is 5.84. The molecule has 1 aliphatic rings. The summed E-state index contributed by atoms with van der Waals surface area (Å²) in [5, 5.41) is 13.9. The minimum absolute atomic E-state index is 0.0707. The second-order valence-electron chi connectivity index (χ2n) is 4.14. The number of nitrogens with one attached hydrogen (secondary N) is 1. The molecule has 7 heteroatoms. The first-order valence-electron chi connectivity index (χ1n) is 5.84. The van der Waals surface area contributed by atoms with Crippen molar-refractivity contribution >= 4 is 17.3 Å². The van der Waals surface area contributed by atoms with Gasteiger partial charge < -0.3 is 14.8 Å². The molecule has 1 N–H and O–H groups in total. The standard InChI is InChI=1S/C12H14N2O5/c1-18-12(15)8-2-3-11(14(16)17)10(6-8)13-7-9-4-5-19-9/h2-3,6,9,13H,4-5,7H2,1H3/t9-/m1/s1. The Morgan fingerprint density at radius 2 is 2.37 bits per heavy atom. The lowest BCUT2D eigenvalue weighted by atomic mass is 10.1. The molecule has 0 amide bonds. The number of hydrogen-bond donors (Lipinski definition) is 1. The molecule has 7 nitrogen and oxygen atoms in total. The highest BCUT2D eigenvalue weighted by molar-refractivity contribution is 5.91. The molecule has 19 heavy (non-hydrogen) atoms. The molecule has 1 aromatic rings. The van der Waals surface area contributed by atoms with Gasteiger partial charge in [0, 0.05) is 19.2 Å². The van der Waals surface area contributed by atoms with Crippen molar-refractivity contribution in [1.29, 1.82) is 0 Å². The number of carbonyl (C=O) groups excluding carboxylic acids is 1. The lowest BCUT2D eigenvalue weighted by Gasteiger charge is -2.26. The lowest BCUT2D eigenvalue weighted by molar-refractivity contribution is -0.384. The summed E-state index contributed by atoms with van der Waals surface area (Å²) in [4.78, 5) is 21.8. The Balaban J connectivity index is 2.19. The Labute approximate surface area is 109 Å². The van der Waals surface area contributed by atoms with Gasteiger partial charge in [0.25, 0.3) is 5.69 Å². The predicted molar refractivity (Wildman–Crippen MR) is 67.3 cm³/mol. The van der Waals surface area contributed by atoms with Gasteiger partial charge in [0.15, 0.2) is 0 Å². The van der Waals surface area contributed by atoms with Crippen molar-refractivity contribution < 1.29 is 19.2 Å². The fourth-order valence-electron chi connectivity index (χ4n) is 1.75. The number of hydrogen-bond acceptors (Lipinski definition) is 6. The maximum Gasteiger partial charge on any atom is 0.337 e. The lowest BCUT2D eigenvalue weighted by Crippen LogP contribution is -2.33. The number of benzene rings is 1. The van der Waals surface area contributed by atoms with Crippen LogP contribution in [0.5, 0.6) is 0 Å². The van der Waals surface area contributed by atoms with Gasteiger partial charge in [-0.15, -0.1) is 0 Å². The maximum absolute atomic E-state index is 11.4. The van der Waals surface area contributed by atoms with Crippen molar-refractivity contribution in [3.8, 4) is 0 Å². The predicted octanol–water partition coefficient (Wildman–Crippen LogP) is 1.58. The van der Waals surface area contributed by atoms with Crippen LogP contribution < -0.4 is 5.32 Å². The molecular weight excluding hydrogens is 252 g/mol. The van der Waals surface area contributed by atoms with E-state index in [4.69, 9.17) is 4.74 Å². The van der Waals surface area contributed by atoms with Crippen molar-refractivity contribution in [3.63, 3.8) is 0 Å². The zero-order chi connectivity index (χ0) is 13.8. The SMILES string of the molecule is COC(=O)c1ccc([N+](=O)[O-])c(NC[C@H]2CCO2)c1. The number of methoxy groups -OCH3 is 1. The van der Waals surface area contributed by atoms with E-state index in [1.165, 1.54) is 25.3 Å². The third-order valence-electron chi connectivity index (χ3n) is 2.93. The number of anilines is 1. The Kier molecular flexibility index (Phi) is 3.96. The molecule has 1 saturated heterocycles. The third kappa shape index (κ3) is 3.00. The Morgan fingerprint density at radius 1 is 1.63 bits per heavy atom. The summed E-state index contributed by atoms with van der Waals surface area (Å²) < 4.78 is 9.82. The smallest absolute Gasteiger partial charge is 0.337 e. The first-order chi connectivity index (χ1) is 9.11. The number of carbonyl (C=O) groups is 1. The summed E-state index contributed by atoms with van der Waals surface area (Å²) in [6.45, 7) is 1.20. The number of nitrogens with zero attached hydrogens (tertiary/aromatic N) is 1. The summed E-state index contributed by atoms with van der Waals surface area (Å²) in [5.74, 6) is -0.530. The quantitative estimate of drug-likeness (QED) is 0.494. The highest BCUT2D eigenvalue weighted by Gasteiger charge is 2.21. The van der Waals surface area contributed by atoms with Gasteiger partial charge in [-0.2, -0.15) is 0 Å². The molecule has 0 bridgehead atoms. The van der Waals surface area contributed by atoms with E-state index in [2.05, 4.69) is 10.1 Å². The summed E-state index contributed by atoms with van der Waals surface area (Å²) in [7, 11) is 1.26. The molecule has 2 rings (SSSR count). The topological polar surface area (TPSA) is 90.7 Å². The first kappa shape index (κ1) is 13.3. The Bertz CT molecular complexity index is 499. The van der Waals surface area contributed by atoms with E-state index in [0.717, 1.165) is 13.0 Å². The fraction of sp³-hybridized carbons (Fsp3) is 0.417. The van der Waals surface area contributed by atoms with E-state index >= 15 is 0 Å². The van der Waals surface area contributed by atoms with Crippen LogP contribution in [-0.4, -0.2) is 37.3 Å². The molecule has 0 aromatic heterocycles. The molecular formula is C12H14N2O5. The van der Waals surface area contributed by atoms with E-state index in [1.807, 2.05) is 0 Å². The summed E-state index contributed by atoms with van der Waals surface area (Å²) in [5.41, 5.74) is 0.487. The molecule has 0 radical (unpaired) electrons. The third-order valence-corrected chi connectivity index (χ3v) is 2.93. The van der Waals surface area contributed by atoms with Crippen LogP contribution >= 0.6 is 0 Å². The zero-order valence-corrected chi connectivity index (χ0v) is 10.4. The monoisotopic (exact) mass is 266 g/mol. The average molecular weight is 266 g/mol. The van der Waals surface area contributed by atoms with Crippen LogP contribution in [0.25, 0.3) is 0 Å². The number of nitro groups is 1. The van der Waals surface area contributed by atoms with Crippen molar-refractivity contribution in [1.82, 2.24) is 0 Å². The zero-order valence-electron chi connectivity index (χ0n) is 10.4. The van der Waals surface area contributed by atoms with Crippen LogP contribution in [0, 0.1) is 10.1 Å². The summed E-state index contributed by atoms with van der Waals surface area (Å²) >= 11 is 0. The highest BCUT2D eigenvalue weighted by Crippen LogP contribution is 2.26. The molecule has 1 heterocycles. The normalized spacial score (nSPS) is 17.4. The minimum Gasteiger partial charge on any atom is -0.465 e. The van der Waals surface area contributed by atoms with Crippen LogP contribution in [0.15, 0.2) is 18.2 Å². The van der Waals surface area contributed by atoms with Gasteiger partial charge >= 0.3 is 5.97 Å². The highest BCUT2D eigenvalue weighted by atomic mass is 16.6. The minimum atomic E-state index is -0.530. The van der Waals surface area contributed by atoms with Crippen molar-refractivity contribution in [2.75, 3.05) is 25.6 Å². The average Bonchev–Trinajstić information content (AvgIpc) is 2.35. The van der Waals surface area contributed by atoms with E-state index in [-0.39, 0.29) is 17.4 Å². The molecule has 1 atom stereocenters. The summed E-state index contributed by atoms with van der Waals surface area (Å²) in [6.07, 6.45) is 0.999. The van der Waals surface area contributed by atoms with E-state index in [9.17, 15) is 14.9 Å². The van der Waals surface area contributed by atoms with E-state index < -0.39 is 10.9 Å². The van der Waals surface area contributed by atoms with Crippen LogP contribution in [0.3, 0.4) is 0 Å². The number of rotatable bonds is 5. The molecule has 0 unspecified atom stereocenters.